The van der Waals surface area contributed by atoms with Crippen LogP contribution >= 0.6 is 12.4 Å². The Morgan fingerprint density at radius 2 is 2.16 bits per heavy atom. The van der Waals surface area contributed by atoms with Crippen molar-refractivity contribution in [2.75, 3.05) is 19.6 Å². The molecule has 5 nitrogen and oxygen atoms in total. The largest absolute Gasteiger partial charge is 0.350 e. The molecule has 0 unspecified atom stereocenters. The normalized spacial score (nSPS) is 15.6. The van der Waals surface area contributed by atoms with Gasteiger partial charge < -0.3 is 10.6 Å². The number of hydrogen-bond donors (Lipinski definition) is 2. The molecule has 0 bridgehead atoms. The minimum Gasteiger partial charge on any atom is -0.350 e. The van der Waals surface area contributed by atoms with Crippen molar-refractivity contribution in [3.8, 4) is 0 Å². The molecule has 1 aliphatic rings. The third kappa shape index (κ3) is 3.70. The number of nitrogens with one attached hydrogen (secondary N) is 2. The lowest BCUT2D eigenvalue weighted by molar-refractivity contribution is 0.0933. The van der Waals surface area contributed by atoms with Gasteiger partial charge in [-0.25, -0.2) is 0 Å². The molecule has 1 aromatic rings. The fourth-order valence-corrected chi connectivity index (χ4v) is 1.87. The van der Waals surface area contributed by atoms with Gasteiger partial charge in [0.15, 0.2) is 0 Å². The molecule has 108 valence electrons. The number of hydrogen-bond acceptors (Lipinski definition) is 3. The first-order valence-corrected chi connectivity index (χ1v) is 6.41. The summed E-state index contributed by atoms with van der Waals surface area (Å²) in [5.41, 5.74) is 1.54. The van der Waals surface area contributed by atoms with Crippen molar-refractivity contribution < 1.29 is 4.79 Å². The maximum absolute atomic E-state index is 12.1. The van der Waals surface area contributed by atoms with Crippen LogP contribution in [-0.2, 0) is 12.5 Å². The van der Waals surface area contributed by atoms with E-state index in [2.05, 4.69) is 36.5 Å². The van der Waals surface area contributed by atoms with Gasteiger partial charge in [0.2, 0.25) is 0 Å². The van der Waals surface area contributed by atoms with Crippen LogP contribution in [0.5, 0.6) is 0 Å². The highest BCUT2D eigenvalue weighted by Gasteiger charge is 2.23. The van der Waals surface area contributed by atoms with Crippen LogP contribution in [0.25, 0.3) is 0 Å². The average Bonchev–Trinajstić information content (AvgIpc) is 2.57. The maximum atomic E-state index is 12.1. The van der Waals surface area contributed by atoms with E-state index in [0.29, 0.717) is 11.6 Å². The van der Waals surface area contributed by atoms with E-state index in [-0.39, 0.29) is 23.7 Å². The molecule has 0 radical (unpaired) electrons. The minimum atomic E-state index is -0.0348. The Balaban J connectivity index is 0.00000180. The Hall–Kier alpha value is -1.07. The molecule has 19 heavy (non-hydrogen) atoms. The molecule has 6 heteroatoms. The smallest absolute Gasteiger partial charge is 0.269 e. The third-order valence-electron chi connectivity index (χ3n) is 3.30. The lowest BCUT2D eigenvalue weighted by Crippen LogP contribution is -2.48. The number of carbonyl (C=O) groups is 1. The Morgan fingerprint density at radius 1 is 1.53 bits per heavy atom. The van der Waals surface area contributed by atoms with Gasteiger partial charge in [-0.05, 0) is 6.07 Å². The second-order valence-corrected chi connectivity index (χ2v) is 6.02. The van der Waals surface area contributed by atoms with Crippen LogP contribution in [0.2, 0.25) is 0 Å². The number of nitrogens with zero attached hydrogens (tertiary/aromatic N) is 2. The topological polar surface area (TPSA) is 59.0 Å². The van der Waals surface area contributed by atoms with Crippen molar-refractivity contribution in [1.29, 1.82) is 0 Å². The zero-order chi connectivity index (χ0) is 13.3. The first kappa shape index (κ1) is 16.0. The Kier molecular flexibility index (Phi) is 4.98. The van der Waals surface area contributed by atoms with E-state index in [9.17, 15) is 4.79 Å². The van der Waals surface area contributed by atoms with E-state index in [0.717, 1.165) is 25.3 Å². The summed E-state index contributed by atoms with van der Waals surface area (Å²) in [4.78, 5) is 12.1. The number of rotatable bonds is 3. The van der Waals surface area contributed by atoms with Crippen LogP contribution in [0, 0.1) is 5.92 Å². The van der Waals surface area contributed by atoms with E-state index in [1.165, 1.54) is 0 Å². The molecule has 1 aliphatic heterocycles. The van der Waals surface area contributed by atoms with E-state index in [1.54, 1.807) is 4.68 Å². The van der Waals surface area contributed by atoms with Crippen LogP contribution in [0.3, 0.4) is 0 Å². The molecule has 2 rings (SSSR count). The van der Waals surface area contributed by atoms with Gasteiger partial charge in [0.25, 0.3) is 5.91 Å². The molecular weight excluding hydrogens is 264 g/mol. The molecule has 0 saturated carbocycles. The SMILES string of the molecule is Cl.Cn1nc(C(C)(C)C)cc1C(=O)NCC1CNC1. The molecule has 0 aliphatic carbocycles. The molecule has 0 atom stereocenters. The van der Waals surface area contributed by atoms with Crippen LogP contribution in [0.15, 0.2) is 6.07 Å². The first-order valence-electron chi connectivity index (χ1n) is 6.41. The molecule has 1 aromatic heterocycles. The quantitative estimate of drug-likeness (QED) is 0.874. The molecule has 1 fully saturated rings. The van der Waals surface area contributed by atoms with Crippen LogP contribution < -0.4 is 10.6 Å². The number of aryl methyl sites for hydroxylation is 1. The minimum absolute atomic E-state index is 0. The van der Waals surface area contributed by atoms with Crippen molar-refractivity contribution in [3.05, 3.63) is 17.5 Å². The molecule has 2 heterocycles. The van der Waals surface area contributed by atoms with Crippen LogP contribution in [0.4, 0.5) is 0 Å². The maximum Gasteiger partial charge on any atom is 0.269 e. The summed E-state index contributed by atoms with van der Waals surface area (Å²) < 4.78 is 1.66. The van der Waals surface area contributed by atoms with Gasteiger partial charge in [-0.2, -0.15) is 5.10 Å². The summed E-state index contributed by atoms with van der Waals surface area (Å²) in [7, 11) is 1.81. The molecule has 0 spiro atoms. The van der Waals surface area contributed by atoms with Crippen LogP contribution in [0.1, 0.15) is 37.0 Å². The van der Waals surface area contributed by atoms with Crippen molar-refractivity contribution in [3.63, 3.8) is 0 Å². The molecule has 2 N–H and O–H groups in total. The van der Waals surface area contributed by atoms with Gasteiger partial charge in [0.1, 0.15) is 5.69 Å². The van der Waals surface area contributed by atoms with Crippen molar-refractivity contribution >= 4 is 18.3 Å². The lowest BCUT2D eigenvalue weighted by atomic mass is 9.92. The second-order valence-electron chi connectivity index (χ2n) is 6.02. The van der Waals surface area contributed by atoms with E-state index in [4.69, 9.17) is 0 Å². The Morgan fingerprint density at radius 3 is 2.58 bits per heavy atom. The molecule has 0 aromatic carbocycles. The highest BCUT2D eigenvalue weighted by Crippen LogP contribution is 2.21. The van der Waals surface area contributed by atoms with E-state index in [1.807, 2.05) is 13.1 Å². The Bertz CT molecular complexity index is 446. The predicted octanol–water partition coefficient (Wildman–Crippen LogP) is 1.09. The van der Waals surface area contributed by atoms with Gasteiger partial charge in [-0.1, -0.05) is 20.8 Å². The molecular formula is C13H23ClN4O. The van der Waals surface area contributed by atoms with Gasteiger partial charge >= 0.3 is 0 Å². The summed E-state index contributed by atoms with van der Waals surface area (Å²) >= 11 is 0. The number of carbonyl (C=O) groups excluding carboxylic acids is 1. The summed E-state index contributed by atoms with van der Waals surface area (Å²) in [6.45, 7) is 9.02. The van der Waals surface area contributed by atoms with Gasteiger partial charge in [0.05, 0.1) is 5.69 Å². The fourth-order valence-electron chi connectivity index (χ4n) is 1.87. The number of halogens is 1. The van der Waals surface area contributed by atoms with Gasteiger partial charge in [-0.3, -0.25) is 9.48 Å². The highest BCUT2D eigenvalue weighted by atomic mass is 35.5. The number of amides is 1. The zero-order valence-corrected chi connectivity index (χ0v) is 12.8. The molecule has 1 amide bonds. The van der Waals surface area contributed by atoms with E-state index >= 15 is 0 Å². The predicted molar refractivity (Wildman–Crippen MR) is 77.8 cm³/mol. The summed E-state index contributed by atoms with van der Waals surface area (Å²) in [5, 5.41) is 10.6. The van der Waals surface area contributed by atoms with E-state index < -0.39 is 0 Å². The second kappa shape index (κ2) is 5.92. The van der Waals surface area contributed by atoms with Gasteiger partial charge in [0, 0.05) is 38.0 Å². The highest BCUT2D eigenvalue weighted by molar-refractivity contribution is 5.92. The van der Waals surface area contributed by atoms with Crippen molar-refractivity contribution in [2.24, 2.45) is 13.0 Å². The van der Waals surface area contributed by atoms with Crippen molar-refractivity contribution in [1.82, 2.24) is 20.4 Å². The standard InChI is InChI=1S/C13H22N4O.ClH/c1-13(2,3)11-5-10(17(4)16-11)12(18)15-8-9-6-14-7-9;/h5,9,14H,6-8H2,1-4H3,(H,15,18);1H. The third-order valence-corrected chi connectivity index (χ3v) is 3.30. The Labute approximate surface area is 120 Å². The van der Waals surface area contributed by atoms with Crippen LogP contribution in [-0.4, -0.2) is 35.3 Å². The summed E-state index contributed by atoms with van der Waals surface area (Å²) in [6, 6.07) is 1.88. The summed E-state index contributed by atoms with van der Waals surface area (Å²) in [6.07, 6.45) is 0. The average molecular weight is 287 g/mol. The fraction of sp³-hybridized carbons (Fsp3) is 0.692. The number of aromatic nitrogens is 2. The first-order chi connectivity index (χ1) is 8.38. The van der Waals surface area contributed by atoms with Gasteiger partial charge in [-0.15, -0.1) is 12.4 Å². The zero-order valence-electron chi connectivity index (χ0n) is 12.0. The van der Waals surface area contributed by atoms with Crippen molar-refractivity contribution in [2.45, 2.75) is 26.2 Å². The molecule has 1 saturated heterocycles. The lowest BCUT2D eigenvalue weighted by Gasteiger charge is -2.26. The monoisotopic (exact) mass is 286 g/mol. The summed E-state index contributed by atoms with van der Waals surface area (Å²) in [5.74, 6) is 0.539.